The Morgan fingerprint density at radius 3 is 2.56 bits per heavy atom. The van der Waals surface area contributed by atoms with Crippen LogP contribution in [0.3, 0.4) is 0 Å². The van der Waals surface area contributed by atoms with Crippen molar-refractivity contribution in [1.29, 1.82) is 0 Å². The second-order valence-electron chi connectivity index (χ2n) is 3.62. The number of rotatable bonds is 3. The van der Waals surface area contributed by atoms with Gasteiger partial charge in [0.1, 0.15) is 4.90 Å². The van der Waals surface area contributed by atoms with Crippen molar-refractivity contribution in [2.24, 2.45) is 5.14 Å². The fourth-order valence-corrected chi connectivity index (χ4v) is 2.89. The van der Waals surface area contributed by atoms with Gasteiger partial charge in [0, 0.05) is 17.4 Å². The maximum Gasteiger partial charge on any atom is 0.239 e. The molecule has 0 spiro atoms. The second kappa shape index (κ2) is 4.89. The Balaban J connectivity index is 2.43. The molecule has 0 bridgehead atoms. The van der Waals surface area contributed by atoms with E-state index in [4.69, 9.17) is 28.3 Å². The number of sulfonamides is 1. The number of benzene rings is 1. The van der Waals surface area contributed by atoms with Crippen LogP contribution in [-0.2, 0) is 16.6 Å². The second-order valence-corrected chi connectivity index (χ2v) is 5.97. The van der Waals surface area contributed by atoms with Gasteiger partial charge in [-0.25, -0.2) is 13.6 Å². The highest BCUT2D eigenvalue weighted by molar-refractivity contribution is 7.89. The molecule has 2 N–H and O–H groups in total. The molecule has 8 heteroatoms. The lowest BCUT2D eigenvalue weighted by atomic mass is 10.2. The summed E-state index contributed by atoms with van der Waals surface area (Å²) in [4.78, 5) is -0.182. The zero-order valence-corrected chi connectivity index (χ0v) is 11.4. The van der Waals surface area contributed by atoms with Crippen molar-refractivity contribution >= 4 is 33.2 Å². The van der Waals surface area contributed by atoms with Gasteiger partial charge in [-0.3, -0.25) is 4.68 Å². The lowest BCUT2D eigenvalue weighted by Gasteiger charge is -2.08. The molecule has 18 heavy (non-hydrogen) atoms. The monoisotopic (exact) mass is 305 g/mol. The van der Waals surface area contributed by atoms with Crippen LogP contribution in [0.15, 0.2) is 35.5 Å². The van der Waals surface area contributed by atoms with E-state index in [1.54, 1.807) is 23.1 Å². The van der Waals surface area contributed by atoms with Crippen molar-refractivity contribution < 1.29 is 8.42 Å². The van der Waals surface area contributed by atoms with Crippen molar-refractivity contribution in [3.8, 4) is 0 Å². The zero-order valence-electron chi connectivity index (χ0n) is 9.05. The molecule has 96 valence electrons. The van der Waals surface area contributed by atoms with Crippen LogP contribution in [0.4, 0.5) is 0 Å². The number of nitrogens with zero attached hydrogens (tertiary/aromatic N) is 2. The highest BCUT2D eigenvalue weighted by atomic mass is 35.5. The summed E-state index contributed by atoms with van der Waals surface area (Å²) in [5, 5.41) is 9.37. The zero-order chi connectivity index (χ0) is 13.3. The Labute approximate surface area is 114 Å². The van der Waals surface area contributed by atoms with Gasteiger partial charge in [-0.05, 0) is 23.8 Å². The minimum atomic E-state index is -3.87. The molecule has 0 amide bonds. The van der Waals surface area contributed by atoms with E-state index in [0.717, 1.165) is 0 Å². The van der Waals surface area contributed by atoms with Gasteiger partial charge in [0.2, 0.25) is 10.0 Å². The number of primary sulfonamides is 1. The summed E-state index contributed by atoms with van der Waals surface area (Å²) in [6, 6.07) is 4.50. The molecule has 0 fully saturated rings. The predicted octanol–water partition coefficient (Wildman–Crippen LogP) is 1.89. The molecule has 1 aromatic heterocycles. The van der Waals surface area contributed by atoms with Gasteiger partial charge >= 0.3 is 0 Å². The van der Waals surface area contributed by atoms with E-state index in [0.29, 0.717) is 12.1 Å². The molecule has 2 aromatic rings. The average Bonchev–Trinajstić information content (AvgIpc) is 2.74. The van der Waals surface area contributed by atoms with E-state index in [9.17, 15) is 8.42 Å². The highest BCUT2D eigenvalue weighted by Gasteiger charge is 2.16. The smallest absolute Gasteiger partial charge is 0.239 e. The minimum absolute atomic E-state index is 0.0454. The van der Waals surface area contributed by atoms with Crippen LogP contribution in [0.25, 0.3) is 0 Å². The maximum absolute atomic E-state index is 11.3. The third kappa shape index (κ3) is 2.84. The third-order valence-electron chi connectivity index (χ3n) is 2.30. The summed E-state index contributed by atoms with van der Waals surface area (Å²) in [5.74, 6) is 0. The summed E-state index contributed by atoms with van der Waals surface area (Å²) >= 11 is 11.9. The van der Waals surface area contributed by atoms with Gasteiger partial charge in [0.25, 0.3) is 0 Å². The van der Waals surface area contributed by atoms with Crippen LogP contribution in [0.1, 0.15) is 5.56 Å². The van der Waals surface area contributed by atoms with Gasteiger partial charge in [-0.15, -0.1) is 0 Å². The largest absolute Gasteiger partial charge is 0.268 e. The SMILES string of the molecule is NS(=O)(=O)c1cc(Cl)c(Cn2cccn2)cc1Cl. The molecular formula is C10H9Cl2N3O2S. The van der Waals surface area contributed by atoms with Gasteiger partial charge < -0.3 is 0 Å². The maximum atomic E-state index is 11.3. The van der Waals surface area contributed by atoms with Crippen LogP contribution < -0.4 is 5.14 Å². The first-order valence-corrected chi connectivity index (χ1v) is 7.16. The molecule has 0 aliphatic carbocycles. The lowest BCUT2D eigenvalue weighted by molar-refractivity contribution is 0.597. The number of nitrogens with two attached hydrogens (primary N) is 1. The third-order valence-corrected chi connectivity index (χ3v) is 4.03. The Morgan fingerprint density at radius 2 is 2.00 bits per heavy atom. The van der Waals surface area contributed by atoms with Crippen LogP contribution in [-0.4, -0.2) is 18.2 Å². The van der Waals surface area contributed by atoms with Crippen molar-refractivity contribution in [2.75, 3.05) is 0 Å². The number of aromatic nitrogens is 2. The number of hydrogen-bond acceptors (Lipinski definition) is 3. The van der Waals surface area contributed by atoms with E-state index < -0.39 is 10.0 Å². The number of hydrogen-bond donors (Lipinski definition) is 1. The number of halogens is 2. The summed E-state index contributed by atoms with van der Waals surface area (Å²) < 4.78 is 24.1. The first kappa shape index (κ1) is 13.4. The standard InChI is InChI=1S/C10H9Cl2N3O2S/c11-8-5-10(18(13,16)17)9(12)4-7(8)6-15-3-1-2-14-15/h1-5H,6H2,(H2,13,16,17). The molecule has 0 saturated carbocycles. The Kier molecular flexibility index (Phi) is 3.63. The molecule has 0 saturated heterocycles. The normalized spacial score (nSPS) is 11.7. The van der Waals surface area contributed by atoms with E-state index in [1.807, 2.05) is 0 Å². The van der Waals surface area contributed by atoms with E-state index in [-0.39, 0.29) is 14.9 Å². The highest BCUT2D eigenvalue weighted by Crippen LogP contribution is 2.28. The molecular weight excluding hydrogens is 297 g/mol. The molecule has 1 aromatic carbocycles. The van der Waals surface area contributed by atoms with E-state index in [1.165, 1.54) is 12.1 Å². The van der Waals surface area contributed by atoms with Gasteiger partial charge in [-0.2, -0.15) is 5.10 Å². The molecule has 0 unspecified atom stereocenters. The van der Waals surface area contributed by atoms with Gasteiger partial charge in [0.15, 0.2) is 0 Å². The van der Waals surface area contributed by atoms with Crippen molar-refractivity contribution in [3.63, 3.8) is 0 Å². The Hall–Kier alpha value is -1.08. The summed E-state index contributed by atoms with van der Waals surface area (Å²) in [6.07, 6.45) is 3.39. The molecule has 0 atom stereocenters. The summed E-state index contributed by atoms with van der Waals surface area (Å²) in [6.45, 7) is 0.399. The van der Waals surface area contributed by atoms with Crippen LogP contribution >= 0.6 is 23.2 Å². The predicted molar refractivity (Wildman–Crippen MR) is 69.2 cm³/mol. The summed E-state index contributed by atoms with van der Waals surface area (Å²) in [5.41, 5.74) is 0.665. The first-order chi connectivity index (χ1) is 8.38. The topological polar surface area (TPSA) is 78.0 Å². The molecule has 0 aliphatic heterocycles. The van der Waals surface area contributed by atoms with Crippen LogP contribution in [0.2, 0.25) is 10.0 Å². The quantitative estimate of drug-likeness (QED) is 0.940. The molecule has 5 nitrogen and oxygen atoms in total. The molecule has 0 aliphatic rings. The minimum Gasteiger partial charge on any atom is -0.268 e. The Morgan fingerprint density at radius 1 is 1.28 bits per heavy atom. The van der Waals surface area contributed by atoms with Crippen molar-refractivity contribution in [2.45, 2.75) is 11.4 Å². The molecule has 2 rings (SSSR count). The molecule has 1 heterocycles. The van der Waals surface area contributed by atoms with E-state index in [2.05, 4.69) is 5.10 Å². The van der Waals surface area contributed by atoms with Gasteiger partial charge in [0.05, 0.1) is 11.6 Å². The summed E-state index contributed by atoms with van der Waals surface area (Å²) in [7, 11) is -3.87. The Bertz CT molecular complexity index is 669. The molecule has 0 radical (unpaired) electrons. The lowest BCUT2D eigenvalue weighted by Crippen LogP contribution is -2.13. The average molecular weight is 306 g/mol. The van der Waals surface area contributed by atoms with Crippen LogP contribution in [0.5, 0.6) is 0 Å². The first-order valence-electron chi connectivity index (χ1n) is 4.86. The van der Waals surface area contributed by atoms with Crippen molar-refractivity contribution in [3.05, 3.63) is 46.2 Å². The van der Waals surface area contributed by atoms with Crippen molar-refractivity contribution in [1.82, 2.24) is 9.78 Å². The fourth-order valence-electron chi connectivity index (χ4n) is 1.48. The fraction of sp³-hybridized carbons (Fsp3) is 0.100. The van der Waals surface area contributed by atoms with Crippen LogP contribution in [0, 0.1) is 0 Å². The van der Waals surface area contributed by atoms with Gasteiger partial charge in [-0.1, -0.05) is 23.2 Å². The van der Waals surface area contributed by atoms with E-state index >= 15 is 0 Å².